The van der Waals surface area contributed by atoms with Gasteiger partial charge in [0.05, 0.1) is 18.3 Å². The Morgan fingerprint density at radius 2 is 0.976 bits per heavy atom. The molecule has 0 aliphatic rings. The fraction of sp³-hybridized carbons (Fsp3) is 0.306. The highest BCUT2D eigenvalue weighted by Gasteiger charge is 2.55. The number of nitrogens with zero attached hydrogens (tertiary/aromatic N) is 1. The van der Waals surface area contributed by atoms with Gasteiger partial charge < -0.3 is 8.85 Å². The summed E-state index contributed by atoms with van der Waals surface area (Å²) in [6.07, 6.45) is -0.960. The second-order valence-electron chi connectivity index (χ2n) is 12.8. The van der Waals surface area contributed by atoms with Crippen LogP contribution in [0.15, 0.2) is 121 Å². The van der Waals surface area contributed by atoms with Crippen LogP contribution >= 0.6 is 0 Å². The minimum atomic E-state index is -2.92. The van der Waals surface area contributed by atoms with Crippen LogP contribution in [-0.2, 0) is 14.3 Å². The second kappa shape index (κ2) is 12.3. The Bertz CT molecular complexity index is 1340. The van der Waals surface area contributed by atoms with Crippen LogP contribution in [0.2, 0.25) is 24.7 Å². The molecule has 4 aromatic carbocycles. The van der Waals surface area contributed by atoms with Crippen molar-refractivity contribution < 1.29 is 8.85 Å². The molecule has 4 rings (SSSR count). The molecule has 0 fully saturated rings. The first-order valence-corrected chi connectivity index (χ1v) is 19.8. The lowest BCUT2D eigenvalue weighted by Gasteiger charge is -2.49. The molecule has 0 aliphatic carbocycles. The summed E-state index contributed by atoms with van der Waals surface area (Å²) in [5.41, 5.74) is 0.748. The van der Waals surface area contributed by atoms with Gasteiger partial charge in [-0.1, -0.05) is 142 Å². The largest absolute Gasteiger partial charge is 0.410 e. The van der Waals surface area contributed by atoms with Crippen molar-refractivity contribution in [1.29, 1.82) is 5.26 Å². The molecule has 0 spiro atoms. The van der Waals surface area contributed by atoms with Gasteiger partial charge in [0, 0.05) is 0 Å². The Morgan fingerprint density at radius 1 is 0.610 bits per heavy atom. The van der Waals surface area contributed by atoms with Gasteiger partial charge in [0.25, 0.3) is 8.32 Å². The standard InChI is InChI=1S/C36H43NO2Si2/c1-29(38-41(35(2,3)4,32-24-16-10-17-25-32)33-26-18-11-19-27-33)34(39-40(5,6)7)36(28-37,30-20-12-8-13-21-30)31-22-14-9-15-23-31/h8-27,29,34H,1-7H3/t29-,34-/m0/s1. The molecular formula is C36H43NO2Si2. The zero-order valence-corrected chi connectivity index (χ0v) is 27.5. The molecular weight excluding hydrogens is 535 g/mol. The predicted molar refractivity (Wildman–Crippen MR) is 176 cm³/mol. The number of nitriles is 1. The maximum Gasteiger partial charge on any atom is 0.261 e. The lowest BCUT2D eigenvalue weighted by atomic mass is 9.70. The summed E-state index contributed by atoms with van der Waals surface area (Å²) in [5, 5.41) is 13.4. The molecule has 0 unspecified atom stereocenters. The Balaban J connectivity index is 2.00. The van der Waals surface area contributed by atoms with Gasteiger partial charge in [0.15, 0.2) is 8.32 Å². The average Bonchev–Trinajstić information content (AvgIpc) is 2.97. The molecule has 0 heterocycles. The van der Waals surface area contributed by atoms with Crippen molar-refractivity contribution in [2.75, 3.05) is 0 Å². The summed E-state index contributed by atoms with van der Waals surface area (Å²) >= 11 is 0. The van der Waals surface area contributed by atoms with Crippen LogP contribution in [-0.4, -0.2) is 28.8 Å². The topological polar surface area (TPSA) is 42.2 Å². The predicted octanol–water partition coefficient (Wildman–Crippen LogP) is 7.68. The van der Waals surface area contributed by atoms with Gasteiger partial charge >= 0.3 is 0 Å². The second-order valence-corrected chi connectivity index (χ2v) is 21.5. The first-order valence-electron chi connectivity index (χ1n) is 14.4. The molecule has 4 aromatic rings. The van der Waals surface area contributed by atoms with E-state index in [1.807, 2.05) is 60.7 Å². The van der Waals surface area contributed by atoms with E-state index in [1.54, 1.807) is 0 Å². The molecule has 0 amide bonds. The average molecular weight is 578 g/mol. The van der Waals surface area contributed by atoms with Gasteiger partial charge in [-0.15, -0.1) is 0 Å². The zero-order chi connectivity index (χ0) is 29.7. The first kappa shape index (κ1) is 30.7. The zero-order valence-electron chi connectivity index (χ0n) is 25.5. The molecule has 0 radical (unpaired) electrons. The van der Waals surface area contributed by atoms with Crippen molar-refractivity contribution >= 4 is 27.0 Å². The van der Waals surface area contributed by atoms with Crippen LogP contribution in [0.5, 0.6) is 0 Å². The van der Waals surface area contributed by atoms with Gasteiger partial charge in [0.2, 0.25) is 0 Å². The molecule has 212 valence electrons. The van der Waals surface area contributed by atoms with Gasteiger partial charge in [-0.2, -0.15) is 5.26 Å². The lowest BCUT2D eigenvalue weighted by Crippen LogP contribution is -2.69. The van der Waals surface area contributed by atoms with E-state index in [2.05, 4.69) is 114 Å². The van der Waals surface area contributed by atoms with Crippen LogP contribution in [0.25, 0.3) is 0 Å². The molecule has 0 aliphatic heterocycles. The van der Waals surface area contributed by atoms with Gasteiger partial charge in [-0.05, 0) is 53.1 Å². The summed E-state index contributed by atoms with van der Waals surface area (Å²) in [6.45, 7) is 15.5. The summed E-state index contributed by atoms with van der Waals surface area (Å²) in [5.74, 6) is 0. The molecule has 2 atom stereocenters. The van der Waals surface area contributed by atoms with Crippen molar-refractivity contribution in [3.8, 4) is 6.07 Å². The summed E-state index contributed by atoms with van der Waals surface area (Å²) < 4.78 is 14.7. The minimum Gasteiger partial charge on any atom is -0.410 e. The normalized spacial score (nSPS) is 14.2. The van der Waals surface area contributed by atoms with Crippen molar-refractivity contribution in [3.63, 3.8) is 0 Å². The molecule has 41 heavy (non-hydrogen) atoms. The summed E-state index contributed by atoms with van der Waals surface area (Å²) in [7, 11) is -5.09. The maximum atomic E-state index is 11.2. The van der Waals surface area contributed by atoms with Crippen LogP contribution in [0.4, 0.5) is 0 Å². The maximum absolute atomic E-state index is 11.2. The number of hydrogen-bond acceptors (Lipinski definition) is 3. The van der Waals surface area contributed by atoms with Crippen molar-refractivity contribution in [2.24, 2.45) is 0 Å². The smallest absolute Gasteiger partial charge is 0.261 e. The minimum absolute atomic E-state index is 0.206. The lowest BCUT2D eigenvalue weighted by molar-refractivity contribution is 0.0261. The highest BCUT2D eigenvalue weighted by Crippen LogP contribution is 2.43. The SMILES string of the molecule is C[C@H](O[Si](c1ccccc1)(c1ccccc1)C(C)(C)C)[C@H](O[Si](C)(C)C)C(C#N)(c1ccccc1)c1ccccc1. The quantitative estimate of drug-likeness (QED) is 0.182. The van der Waals surface area contributed by atoms with Crippen LogP contribution in [0.3, 0.4) is 0 Å². The van der Waals surface area contributed by atoms with Gasteiger partial charge in [0.1, 0.15) is 5.41 Å². The van der Waals surface area contributed by atoms with Crippen molar-refractivity contribution in [3.05, 3.63) is 132 Å². The van der Waals surface area contributed by atoms with E-state index >= 15 is 0 Å². The van der Waals surface area contributed by atoms with Crippen molar-refractivity contribution in [2.45, 2.75) is 70.0 Å². The third kappa shape index (κ3) is 6.17. The fourth-order valence-electron chi connectivity index (χ4n) is 6.04. The number of rotatable bonds is 10. The molecule has 0 bridgehead atoms. The fourth-order valence-corrected chi connectivity index (χ4v) is 11.9. The summed E-state index contributed by atoms with van der Waals surface area (Å²) in [6, 6.07) is 44.3. The van der Waals surface area contributed by atoms with E-state index in [0.717, 1.165) is 11.1 Å². The van der Waals surface area contributed by atoms with Gasteiger partial charge in [-0.25, -0.2) is 0 Å². The van der Waals surface area contributed by atoms with E-state index in [1.165, 1.54) is 10.4 Å². The van der Waals surface area contributed by atoms with E-state index in [9.17, 15) is 5.26 Å². The van der Waals surface area contributed by atoms with Crippen LogP contribution in [0, 0.1) is 11.3 Å². The molecule has 0 aromatic heterocycles. The highest BCUT2D eigenvalue weighted by atomic mass is 28.4. The molecule has 5 heteroatoms. The van der Waals surface area contributed by atoms with E-state index < -0.39 is 34.3 Å². The highest BCUT2D eigenvalue weighted by molar-refractivity contribution is 6.99. The van der Waals surface area contributed by atoms with Crippen LogP contribution < -0.4 is 10.4 Å². The first-order chi connectivity index (χ1) is 19.5. The molecule has 3 nitrogen and oxygen atoms in total. The van der Waals surface area contributed by atoms with E-state index in [-0.39, 0.29) is 5.04 Å². The van der Waals surface area contributed by atoms with Gasteiger partial charge in [-0.3, -0.25) is 0 Å². The Labute approximate surface area is 249 Å². The molecule has 0 saturated carbocycles. The number of hydrogen-bond donors (Lipinski definition) is 0. The molecule has 0 saturated heterocycles. The van der Waals surface area contributed by atoms with Crippen LogP contribution in [0.1, 0.15) is 38.8 Å². The monoisotopic (exact) mass is 577 g/mol. The summed E-state index contributed by atoms with van der Waals surface area (Å²) in [4.78, 5) is 0. The Morgan fingerprint density at radius 3 is 1.29 bits per heavy atom. The Kier molecular flexibility index (Phi) is 9.20. The third-order valence-corrected chi connectivity index (χ3v) is 13.8. The third-order valence-electron chi connectivity index (χ3n) is 7.75. The van der Waals surface area contributed by atoms with Crippen molar-refractivity contribution in [1.82, 2.24) is 0 Å². The van der Waals surface area contributed by atoms with E-state index in [0.29, 0.717) is 0 Å². The molecule has 0 N–H and O–H groups in total. The Hall–Kier alpha value is -3.28. The number of benzene rings is 4. The van der Waals surface area contributed by atoms with E-state index in [4.69, 9.17) is 8.85 Å².